The quantitative estimate of drug-likeness (QED) is 0.891. The van der Waals surface area contributed by atoms with Crippen LogP contribution in [0.5, 0.6) is 0 Å². The molecule has 3 N–H and O–H groups in total. The molecule has 0 atom stereocenters. The van der Waals surface area contributed by atoms with Crippen molar-refractivity contribution in [1.82, 2.24) is 4.90 Å². The average molecular weight is 323 g/mol. The van der Waals surface area contributed by atoms with Gasteiger partial charge in [0.2, 0.25) is 5.91 Å². The lowest BCUT2D eigenvalue weighted by Gasteiger charge is -2.48. The van der Waals surface area contributed by atoms with Crippen LogP contribution >= 0.6 is 0 Å². The zero-order valence-electron chi connectivity index (χ0n) is 13.8. The number of likely N-dealkylation sites (tertiary alicyclic amines) is 1. The minimum absolute atomic E-state index is 0.0762. The molecular weight excluding hydrogens is 301 g/mol. The fraction of sp³-hybridized carbons (Fsp3) is 0.500. The number of nitrogens with zero attached hydrogens (tertiary/aromatic N) is 1. The highest BCUT2D eigenvalue weighted by Crippen LogP contribution is 2.28. The minimum atomic E-state index is -1.11. The number of rotatable bonds is 3. The van der Waals surface area contributed by atoms with E-state index >= 15 is 0 Å². The van der Waals surface area contributed by atoms with E-state index in [1.807, 2.05) is 0 Å². The number of nitrogens with two attached hydrogens (primary N) is 1. The van der Waals surface area contributed by atoms with Gasteiger partial charge in [-0.15, -0.1) is 0 Å². The number of hydrogen-bond donors (Lipinski definition) is 2. The smallest absolute Gasteiger partial charge is 0.410 e. The van der Waals surface area contributed by atoms with Crippen LogP contribution in [0.15, 0.2) is 18.2 Å². The Morgan fingerprint density at radius 2 is 1.91 bits per heavy atom. The molecule has 0 unspecified atom stereocenters. The van der Waals surface area contributed by atoms with Crippen LogP contribution in [0.2, 0.25) is 0 Å². The molecule has 1 saturated heterocycles. The van der Waals surface area contributed by atoms with Gasteiger partial charge in [0.05, 0.1) is 13.1 Å². The molecule has 0 radical (unpaired) electrons. The van der Waals surface area contributed by atoms with E-state index in [2.05, 4.69) is 5.32 Å². The van der Waals surface area contributed by atoms with E-state index in [-0.39, 0.29) is 13.1 Å². The topological polar surface area (TPSA) is 84.7 Å². The van der Waals surface area contributed by atoms with Crippen LogP contribution in [-0.2, 0) is 9.53 Å². The Balaban J connectivity index is 2.09. The number of carbonyl (C=O) groups is 2. The minimum Gasteiger partial charge on any atom is -0.444 e. The summed E-state index contributed by atoms with van der Waals surface area (Å²) in [7, 11) is 0. The summed E-state index contributed by atoms with van der Waals surface area (Å²) in [6, 6.07) is 4.38. The number of halogens is 1. The van der Waals surface area contributed by atoms with Crippen molar-refractivity contribution in [2.75, 3.05) is 18.4 Å². The number of amides is 2. The fourth-order valence-corrected chi connectivity index (χ4v) is 2.44. The lowest BCUT2D eigenvalue weighted by molar-refractivity contribution is -0.127. The number of benzene rings is 1. The standard InChI is InChI=1S/C16H22FN3O3/c1-10-5-11(17)7-12(6-10)19-16(13(18)21)8-20(9-16)14(22)23-15(2,3)4/h5-7,19H,8-9H2,1-4H3,(H2,18,21). The van der Waals surface area contributed by atoms with Gasteiger partial charge in [0, 0.05) is 5.69 Å². The molecule has 1 aliphatic rings. The number of hydrogen-bond acceptors (Lipinski definition) is 4. The van der Waals surface area contributed by atoms with Crippen LogP contribution in [0.4, 0.5) is 14.9 Å². The van der Waals surface area contributed by atoms with Crippen molar-refractivity contribution in [1.29, 1.82) is 0 Å². The van der Waals surface area contributed by atoms with Crippen LogP contribution in [0.3, 0.4) is 0 Å². The number of carbonyl (C=O) groups excluding carboxylic acids is 2. The van der Waals surface area contributed by atoms with Crippen molar-refractivity contribution in [3.8, 4) is 0 Å². The van der Waals surface area contributed by atoms with Crippen molar-refractivity contribution in [2.45, 2.75) is 38.8 Å². The van der Waals surface area contributed by atoms with Gasteiger partial charge in [0.25, 0.3) is 0 Å². The highest BCUT2D eigenvalue weighted by Gasteiger charge is 2.51. The van der Waals surface area contributed by atoms with Crippen LogP contribution in [0.25, 0.3) is 0 Å². The monoisotopic (exact) mass is 323 g/mol. The Morgan fingerprint density at radius 1 is 1.30 bits per heavy atom. The molecule has 0 spiro atoms. The lowest BCUT2D eigenvalue weighted by Crippen LogP contribution is -2.73. The second-order valence-electron chi connectivity index (χ2n) is 6.93. The van der Waals surface area contributed by atoms with E-state index < -0.39 is 29.0 Å². The third-order valence-corrected chi connectivity index (χ3v) is 3.47. The third kappa shape index (κ3) is 3.91. The first-order valence-corrected chi connectivity index (χ1v) is 7.34. The molecule has 1 heterocycles. The molecule has 2 rings (SSSR count). The van der Waals surface area contributed by atoms with Crippen molar-refractivity contribution in [3.63, 3.8) is 0 Å². The Labute approximate surface area is 134 Å². The molecular formula is C16H22FN3O3. The summed E-state index contributed by atoms with van der Waals surface area (Å²) in [4.78, 5) is 25.2. The number of anilines is 1. The van der Waals surface area contributed by atoms with Gasteiger partial charge in [0.15, 0.2) is 5.54 Å². The molecule has 126 valence electrons. The largest absolute Gasteiger partial charge is 0.444 e. The molecule has 1 fully saturated rings. The molecule has 0 bridgehead atoms. The number of primary amides is 1. The van der Waals surface area contributed by atoms with E-state index in [1.165, 1.54) is 17.0 Å². The molecule has 0 aliphatic carbocycles. The molecule has 7 heteroatoms. The SMILES string of the molecule is Cc1cc(F)cc(NC2(C(N)=O)CN(C(=O)OC(C)(C)C)C2)c1. The Hall–Kier alpha value is -2.31. The van der Waals surface area contributed by atoms with E-state index in [9.17, 15) is 14.0 Å². The van der Waals surface area contributed by atoms with E-state index in [4.69, 9.17) is 10.5 Å². The maximum absolute atomic E-state index is 13.5. The second-order valence-corrected chi connectivity index (χ2v) is 6.93. The summed E-state index contributed by atoms with van der Waals surface area (Å²) in [5, 5.41) is 2.96. The normalized spacial score (nSPS) is 16.5. The van der Waals surface area contributed by atoms with Crippen molar-refractivity contribution in [3.05, 3.63) is 29.6 Å². The summed E-state index contributed by atoms with van der Waals surface area (Å²) in [6.45, 7) is 7.19. The van der Waals surface area contributed by atoms with Gasteiger partial charge < -0.3 is 20.7 Å². The summed E-state index contributed by atoms with van der Waals surface area (Å²) < 4.78 is 18.7. The van der Waals surface area contributed by atoms with Crippen LogP contribution < -0.4 is 11.1 Å². The number of ether oxygens (including phenoxy) is 1. The summed E-state index contributed by atoms with van der Waals surface area (Å²) >= 11 is 0. The lowest BCUT2D eigenvalue weighted by atomic mass is 9.88. The summed E-state index contributed by atoms with van der Waals surface area (Å²) in [5.41, 5.74) is 4.91. The van der Waals surface area contributed by atoms with Gasteiger partial charge >= 0.3 is 6.09 Å². The number of nitrogens with one attached hydrogen (secondary N) is 1. The van der Waals surface area contributed by atoms with Crippen molar-refractivity contribution in [2.24, 2.45) is 5.73 Å². The van der Waals surface area contributed by atoms with Gasteiger partial charge in [0.1, 0.15) is 11.4 Å². The molecule has 1 aromatic carbocycles. The predicted molar refractivity (Wildman–Crippen MR) is 84.5 cm³/mol. The molecule has 1 aromatic rings. The zero-order valence-corrected chi connectivity index (χ0v) is 13.8. The second kappa shape index (κ2) is 5.72. The Bertz CT molecular complexity index is 614. The van der Waals surface area contributed by atoms with E-state index in [0.717, 1.165) is 5.56 Å². The van der Waals surface area contributed by atoms with E-state index in [1.54, 1.807) is 33.8 Å². The van der Waals surface area contributed by atoms with Gasteiger partial charge in [-0.25, -0.2) is 9.18 Å². The predicted octanol–water partition coefficient (Wildman–Crippen LogP) is 2.02. The molecule has 0 saturated carbocycles. The van der Waals surface area contributed by atoms with Gasteiger partial charge in [-0.3, -0.25) is 4.79 Å². The summed E-state index contributed by atoms with van der Waals surface area (Å²) in [6.07, 6.45) is -0.508. The molecule has 0 aromatic heterocycles. The van der Waals surface area contributed by atoms with Crippen LogP contribution in [0, 0.1) is 12.7 Å². The maximum atomic E-state index is 13.5. The van der Waals surface area contributed by atoms with Gasteiger partial charge in [-0.2, -0.15) is 0 Å². The third-order valence-electron chi connectivity index (χ3n) is 3.47. The summed E-state index contributed by atoms with van der Waals surface area (Å²) in [5.74, 6) is -1.00. The molecule has 6 nitrogen and oxygen atoms in total. The Kier molecular flexibility index (Phi) is 4.24. The Morgan fingerprint density at radius 3 is 2.39 bits per heavy atom. The maximum Gasteiger partial charge on any atom is 0.410 e. The van der Waals surface area contributed by atoms with Crippen LogP contribution in [0.1, 0.15) is 26.3 Å². The van der Waals surface area contributed by atoms with Gasteiger partial charge in [-0.05, 0) is 51.5 Å². The molecule has 1 aliphatic heterocycles. The van der Waals surface area contributed by atoms with Crippen molar-refractivity contribution >= 4 is 17.7 Å². The van der Waals surface area contributed by atoms with E-state index in [0.29, 0.717) is 5.69 Å². The first-order chi connectivity index (χ1) is 10.5. The molecule has 2 amide bonds. The zero-order chi connectivity index (χ0) is 17.4. The van der Waals surface area contributed by atoms with Crippen LogP contribution in [-0.4, -0.2) is 41.1 Å². The van der Waals surface area contributed by atoms with Crippen molar-refractivity contribution < 1.29 is 18.7 Å². The van der Waals surface area contributed by atoms with Gasteiger partial charge in [-0.1, -0.05) is 0 Å². The number of aryl methyl sites for hydroxylation is 1. The highest BCUT2D eigenvalue weighted by atomic mass is 19.1. The first kappa shape index (κ1) is 17.1. The average Bonchev–Trinajstić information content (AvgIpc) is 2.28. The first-order valence-electron chi connectivity index (χ1n) is 7.34. The molecule has 23 heavy (non-hydrogen) atoms. The highest BCUT2D eigenvalue weighted by molar-refractivity contribution is 5.92. The fourth-order valence-electron chi connectivity index (χ4n) is 2.44.